The van der Waals surface area contributed by atoms with Crippen LogP contribution in [-0.2, 0) is 11.2 Å². The van der Waals surface area contributed by atoms with Crippen LogP contribution in [0.3, 0.4) is 0 Å². The van der Waals surface area contributed by atoms with E-state index < -0.39 is 5.97 Å². The van der Waals surface area contributed by atoms with E-state index in [1.165, 1.54) is 47.1 Å². The molecule has 0 unspecified atom stereocenters. The van der Waals surface area contributed by atoms with Crippen LogP contribution in [0.1, 0.15) is 47.2 Å². The fourth-order valence-electron chi connectivity index (χ4n) is 5.03. The van der Waals surface area contributed by atoms with Crippen LogP contribution in [0.5, 0.6) is 11.5 Å². The number of thiophene rings is 1. The summed E-state index contributed by atoms with van der Waals surface area (Å²) >= 11 is 1.72. The third-order valence-electron chi connectivity index (χ3n) is 7.07. The van der Waals surface area contributed by atoms with E-state index in [0.29, 0.717) is 24.3 Å². The summed E-state index contributed by atoms with van der Waals surface area (Å²) in [6.07, 6.45) is 4.56. The number of carbonyl (C=O) groups excluding carboxylic acids is 1. The number of likely N-dealkylation sites (tertiary alicyclic amines) is 1. The normalized spacial score (nSPS) is 13.2. The fourth-order valence-corrected chi connectivity index (χ4v) is 6.25. The van der Waals surface area contributed by atoms with Crippen molar-refractivity contribution in [3.05, 3.63) is 83.4 Å². The van der Waals surface area contributed by atoms with E-state index in [9.17, 15) is 9.59 Å². The fraction of sp³-hybridized carbons (Fsp3) is 0.312. The van der Waals surface area contributed by atoms with Gasteiger partial charge in [-0.2, -0.15) is 0 Å². The molecule has 40 heavy (non-hydrogen) atoms. The van der Waals surface area contributed by atoms with Crippen molar-refractivity contribution < 1.29 is 24.2 Å². The van der Waals surface area contributed by atoms with Gasteiger partial charge in [-0.1, -0.05) is 30.3 Å². The first-order valence-corrected chi connectivity index (χ1v) is 14.3. The topological polar surface area (TPSA) is 76.1 Å². The van der Waals surface area contributed by atoms with Crippen LogP contribution >= 0.6 is 11.3 Å². The SMILES string of the molecule is O=Cc1cc(-c2sc3ccccc3c2Cc2ccc(OCCN3CCCC3)cc2)ccc1OCCCC(=O)O.[NaH]. The third kappa shape index (κ3) is 7.74. The van der Waals surface area contributed by atoms with Crippen molar-refractivity contribution in [1.29, 1.82) is 0 Å². The van der Waals surface area contributed by atoms with Crippen LogP contribution in [-0.4, -0.2) is 84.7 Å². The van der Waals surface area contributed by atoms with E-state index in [0.717, 1.165) is 35.4 Å². The molecule has 0 spiro atoms. The maximum absolute atomic E-state index is 11.9. The summed E-state index contributed by atoms with van der Waals surface area (Å²) in [5.74, 6) is 0.506. The number of carboxylic acid groups (broad SMARTS) is 1. The van der Waals surface area contributed by atoms with E-state index in [1.807, 2.05) is 24.3 Å². The number of fused-ring (bicyclic) bond motifs is 1. The molecule has 204 valence electrons. The van der Waals surface area contributed by atoms with E-state index >= 15 is 0 Å². The van der Waals surface area contributed by atoms with Gasteiger partial charge in [0.1, 0.15) is 18.1 Å². The van der Waals surface area contributed by atoms with Crippen LogP contribution in [0.4, 0.5) is 0 Å². The van der Waals surface area contributed by atoms with Crippen molar-refractivity contribution in [2.45, 2.75) is 32.1 Å². The average Bonchev–Trinajstić information content (AvgIpc) is 3.60. The number of ether oxygens (including phenoxy) is 2. The van der Waals surface area contributed by atoms with Crippen molar-refractivity contribution in [2.75, 3.05) is 32.8 Å². The van der Waals surface area contributed by atoms with Gasteiger partial charge in [0.25, 0.3) is 0 Å². The van der Waals surface area contributed by atoms with Gasteiger partial charge in [-0.05, 0) is 97.2 Å². The number of carboxylic acids is 1. The second-order valence-corrected chi connectivity index (χ2v) is 10.9. The van der Waals surface area contributed by atoms with Gasteiger partial charge in [-0.15, -0.1) is 11.3 Å². The first kappa shape index (κ1) is 30.3. The maximum atomic E-state index is 11.9. The second-order valence-electron chi connectivity index (χ2n) is 9.84. The summed E-state index contributed by atoms with van der Waals surface area (Å²) in [5.41, 5.74) is 3.85. The van der Waals surface area contributed by atoms with Crippen LogP contribution < -0.4 is 9.47 Å². The molecule has 0 radical (unpaired) electrons. The van der Waals surface area contributed by atoms with Crippen molar-refractivity contribution >= 4 is 63.2 Å². The molecular weight excluding hydrogens is 533 g/mol. The molecular formula is C32H34NNaO5S. The van der Waals surface area contributed by atoms with Gasteiger partial charge >= 0.3 is 35.5 Å². The first-order chi connectivity index (χ1) is 19.1. The van der Waals surface area contributed by atoms with Gasteiger partial charge < -0.3 is 14.6 Å². The quantitative estimate of drug-likeness (QED) is 0.121. The van der Waals surface area contributed by atoms with Crippen molar-refractivity contribution in [3.63, 3.8) is 0 Å². The van der Waals surface area contributed by atoms with Gasteiger partial charge in [0.15, 0.2) is 6.29 Å². The Kier molecular flexibility index (Phi) is 11.2. The molecule has 1 fully saturated rings. The predicted octanol–water partition coefficient (Wildman–Crippen LogP) is 6.04. The van der Waals surface area contributed by atoms with E-state index in [4.69, 9.17) is 14.6 Å². The molecule has 1 aromatic heterocycles. The first-order valence-electron chi connectivity index (χ1n) is 13.5. The zero-order chi connectivity index (χ0) is 27.0. The molecule has 1 aliphatic heterocycles. The van der Waals surface area contributed by atoms with E-state index in [2.05, 4.69) is 47.4 Å². The third-order valence-corrected chi connectivity index (χ3v) is 8.33. The van der Waals surface area contributed by atoms with Crippen LogP contribution in [0.2, 0.25) is 0 Å². The Morgan fingerprint density at radius 1 is 0.975 bits per heavy atom. The summed E-state index contributed by atoms with van der Waals surface area (Å²) in [5, 5.41) is 10.0. The second kappa shape index (κ2) is 14.8. The molecule has 0 aliphatic carbocycles. The number of aliphatic carboxylic acids is 1. The number of carbonyl (C=O) groups is 2. The zero-order valence-corrected chi connectivity index (χ0v) is 22.8. The molecule has 5 rings (SSSR count). The molecule has 3 aromatic carbocycles. The Bertz CT molecular complexity index is 1430. The van der Waals surface area contributed by atoms with E-state index in [-0.39, 0.29) is 42.6 Å². The average molecular weight is 568 g/mol. The monoisotopic (exact) mass is 567 g/mol. The van der Waals surface area contributed by atoms with Crippen LogP contribution in [0.15, 0.2) is 66.7 Å². The molecule has 1 saturated heterocycles. The summed E-state index contributed by atoms with van der Waals surface area (Å²) in [4.78, 5) is 26.2. The Labute approximate surface area is 261 Å². The number of aldehydes is 1. The number of benzene rings is 3. The van der Waals surface area contributed by atoms with Gasteiger partial charge in [-0.3, -0.25) is 14.5 Å². The van der Waals surface area contributed by atoms with Gasteiger partial charge in [0.05, 0.1) is 12.2 Å². The molecule has 0 saturated carbocycles. The summed E-state index contributed by atoms with van der Waals surface area (Å²) in [7, 11) is 0. The molecule has 2 heterocycles. The minimum atomic E-state index is -0.860. The molecule has 0 bridgehead atoms. The van der Waals surface area contributed by atoms with Crippen molar-refractivity contribution in [2.24, 2.45) is 0 Å². The van der Waals surface area contributed by atoms with E-state index in [1.54, 1.807) is 11.3 Å². The van der Waals surface area contributed by atoms with Gasteiger partial charge in [-0.25, -0.2) is 0 Å². The molecule has 8 heteroatoms. The van der Waals surface area contributed by atoms with Gasteiger partial charge in [0, 0.05) is 22.5 Å². The molecule has 0 amide bonds. The number of hydrogen-bond acceptors (Lipinski definition) is 6. The summed E-state index contributed by atoms with van der Waals surface area (Å²) < 4.78 is 12.9. The van der Waals surface area contributed by atoms with Crippen molar-refractivity contribution in [1.82, 2.24) is 4.90 Å². The number of rotatable bonds is 13. The van der Waals surface area contributed by atoms with Crippen LogP contribution in [0, 0.1) is 0 Å². The Morgan fingerprint density at radius 3 is 2.50 bits per heavy atom. The molecule has 6 nitrogen and oxygen atoms in total. The predicted molar refractivity (Wildman–Crippen MR) is 163 cm³/mol. The standard InChI is InChI=1S/C32H33NO5S.Na.H/c34-22-25-21-24(11-14-29(25)38-18-5-8-31(35)36)32-28(27-6-1-2-7-30(27)39-32)20-23-9-12-26(13-10-23)37-19-17-33-15-3-4-16-33;;/h1-2,6-7,9-14,21-22H,3-5,8,15-20H2,(H,35,36);;. The summed E-state index contributed by atoms with van der Waals surface area (Å²) in [6.45, 7) is 4.28. The van der Waals surface area contributed by atoms with Gasteiger partial charge in [0.2, 0.25) is 0 Å². The molecule has 0 atom stereocenters. The Morgan fingerprint density at radius 2 is 1.75 bits per heavy atom. The molecule has 1 N–H and O–H groups in total. The number of nitrogens with zero attached hydrogens (tertiary/aromatic N) is 1. The Balaban J connectivity index is 0.00000370. The van der Waals surface area contributed by atoms with Crippen molar-refractivity contribution in [3.8, 4) is 21.9 Å². The minimum absolute atomic E-state index is 0. The molecule has 1 aliphatic rings. The Hall–Kier alpha value is -2.68. The number of hydrogen-bond donors (Lipinski definition) is 1. The van der Waals surface area contributed by atoms with Crippen LogP contribution in [0.25, 0.3) is 20.5 Å². The molecule has 4 aromatic rings. The summed E-state index contributed by atoms with van der Waals surface area (Å²) in [6, 6.07) is 22.4. The zero-order valence-electron chi connectivity index (χ0n) is 21.9.